The third-order valence-corrected chi connectivity index (χ3v) is 3.89. The zero-order valence-corrected chi connectivity index (χ0v) is 11.0. The quantitative estimate of drug-likeness (QED) is 0.563. The number of hydrogen-bond donors (Lipinski definition) is 0. The summed E-state index contributed by atoms with van der Waals surface area (Å²) in [6, 6.07) is 7.57. The Balaban J connectivity index is 1.84. The Morgan fingerprint density at radius 2 is 1.95 bits per heavy atom. The average Bonchev–Trinajstić information content (AvgIpc) is 3.17. The van der Waals surface area contributed by atoms with Crippen LogP contribution in [0.5, 0.6) is 0 Å². The summed E-state index contributed by atoms with van der Waals surface area (Å²) in [5.41, 5.74) is 2.55. The molecule has 4 aromatic rings. The topological polar surface area (TPSA) is 64.7 Å². The van der Waals surface area contributed by atoms with Crippen LogP contribution >= 0.6 is 11.3 Å². The zero-order chi connectivity index (χ0) is 13.4. The molecule has 0 amide bonds. The molecule has 0 aromatic carbocycles. The minimum Gasteiger partial charge on any atom is -0.464 e. The molecule has 0 fully saturated rings. The highest BCUT2D eigenvalue weighted by atomic mass is 32.1. The average molecular weight is 280 g/mol. The molecule has 0 aliphatic heterocycles. The van der Waals surface area contributed by atoms with Gasteiger partial charge in [-0.05, 0) is 24.3 Å². The van der Waals surface area contributed by atoms with E-state index in [-0.39, 0.29) is 0 Å². The first-order valence-electron chi connectivity index (χ1n) is 5.98. The molecule has 6 heteroatoms. The fourth-order valence-corrected chi connectivity index (χ4v) is 2.83. The molecule has 96 valence electrons. The van der Waals surface area contributed by atoms with Gasteiger partial charge in [0.25, 0.3) is 0 Å². The molecule has 0 N–H and O–H groups in total. The van der Waals surface area contributed by atoms with Crippen molar-refractivity contribution in [2.45, 2.75) is 0 Å². The van der Waals surface area contributed by atoms with Crippen LogP contribution < -0.4 is 0 Å². The SMILES string of the molecule is c1cncc(-c2nnc(-c3nccc4occc34)s2)c1. The van der Waals surface area contributed by atoms with Crippen LogP contribution in [0.15, 0.2) is 53.5 Å². The van der Waals surface area contributed by atoms with E-state index in [2.05, 4.69) is 20.2 Å². The van der Waals surface area contributed by atoms with Gasteiger partial charge in [0.15, 0.2) is 5.01 Å². The van der Waals surface area contributed by atoms with Crippen molar-refractivity contribution in [2.24, 2.45) is 0 Å². The Morgan fingerprint density at radius 3 is 2.85 bits per heavy atom. The van der Waals surface area contributed by atoms with E-state index in [4.69, 9.17) is 4.42 Å². The van der Waals surface area contributed by atoms with Crippen molar-refractivity contribution in [3.8, 4) is 21.3 Å². The van der Waals surface area contributed by atoms with Crippen molar-refractivity contribution in [2.75, 3.05) is 0 Å². The maximum absolute atomic E-state index is 5.38. The van der Waals surface area contributed by atoms with Gasteiger partial charge in [-0.2, -0.15) is 0 Å². The molecule has 0 bridgehead atoms. The van der Waals surface area contributed by atoms with E-state index in [1.165, 1.54) is 11.3 Å². The Kier molecular flexibility index (Phi) is 2.53. The Labute approximate surface area is 118 Å². The van der Waals surface area contributed by atoms with Crippen molar-refractivity contribution in [1.82, 2.24) is 20.2 Å². The van der Waals surface area contributed by atoms with Crippen LogP contribution in [0.1, 0.15) is 0 Å². The van der Waals surface area contributed by atoms with E-state index in [0.717, 1.165) is 32.2 Å². The molecular formula is C14H8N4OS. The normalized spacial score (nSPS) is 11.0. The van der Waals surface area contributed by atoms with Gasteiger partial charge in [-0.15, -0.1) is 10.2 Å². The predicted molar refractivity (Wildman–Crippen MR) is 76.1 cm³/mol. The summed E-state index contributed by atoms with van der Waals surface area (Å²) >= 11 is 1.49. The predicted octanol–water partition coefficient (Wildman–Crippen LogP) is 3.41. The number of aromatic nitrogens is 4. The molecule has 0 aliphatic carbocycles. The van der Waals surface area contributed by atoms with Gasteiger partial charge >= 0.3 is 0 Å². The Bertz CT molecular complexity index is 869. The summed E-state index contributed by atoms with van der Waals surface area (Å²) in [6.07, 6.45) is 6.88. The fraction of sp³-hybridized carbons (Fsp3) is 0. The molecule has 5 nitrogen and oxygen atoms in total. The molecule has 20 heavy (non-hydrogen) atoms. The van der Waals surface area contributed by atoms with Crippen LogP contribution in [0.4, 0.5) is 0 Å². The maximum Gasteiger partial charge on any atom is 0.167 e. The summed E-state index contributed by atoms with van der Waals surface area (Å²) in [5.74, 6) is 0. The van der Waals surface area contributed by atoms with Crippen LogP contribution in [-0.4, -0.2) is 20.2 Å². The first-order valence-corrected chi connectivity index (χ1v) is 6.80. The molecule has 0 radical (unpaired) electrons. The zero-order valence-electron chi connectivity index (χ0n) is 10.2. The summed E-state index contributed by atoms with van der Waals surface area (Å²) in [5, 5.41) is 11.0. The largest absolute Gasteiger partial charge is 0.464 e. The molecule has 0 atom stereocenters. The molecule has 0 saturated heterocycles. The van der Waals surface area contributed by atoms with Gasteiger partial charge in [-0.3, -0.25) is 9.97 Å². The summed E-state index contributed by atoms with van der Waals surface area (Å²) in [4.78, 5) is 8.48. The molecular weight excluding hydrogens is 272 g/mol. The van der Waals surface area contributed by atoms with Crippen molar-refractivity contribution >= 4 is 22.3 Å². The monoisotopic (exact) mass is 280 g/mol. The summed E-state index contributed by atoms with van der Waals surface area (Å²) in [7, 11) is 0. The van der Waals surface area contributed by atoms with Crippen molar-refractivity contribution in [3.63, 3.8) is 0 Å². The van der Waals surface area contributed by atoms with Crippen LogP contribution in [0.2, 0.25) is 0 Å². The number of furan rings is 1. The molecule has 4 heterocycles. The third kappa shape index (κ3) is 1.78. The lowest BCUT2D eigenvalue weighted by atomic mass is 10.2. The van der Waals surface area contributed by atoms with Crippen LogP contribution in [0, 0.1) is 0 Å². The second-order valence-corrected chi connectivity index (χ2v) is 5.12. The van der Waals surface area contributed by atoms with Gasteiger partial charge in [0.1, 0.15) is 16.3 Å². The number of nitrogens with zero attached hydrogens (tertiary/aromatic N) is 4. The molecule has 0 saturated carbocycles. The number of pyridine rings is 2. The van der Waals surface area contributed by atoms with Gasteiger partial charge in [-0.1, -0.05) is 11.3 Å². The minimum absolute atomic E-state index is 0.774. The lowest BCUT2D eigenvalue weighted by molar-refractivity contribution is 0.615. The lowest BCUT2D eigenvalue weighted by Crippen LogP contribution is -1.82. The van der Waals surface area contributed by atoms with Gasteiger partial charge in [0.05, 0.1) is 6.26 Å². The smallest absolute Gasteiger partial charge is 0.167 e. The Hall–Kier alpha value is -2.60. The standard InChI is InChI=1S/C14H8N4OS/c1-2-9(8-15-5-1)13-17-18-14(20-13)12-10-4-7-19-11(10)3-6-16-12/h1-8H. The highest BCUT2D eigenvalue weighted by Crippen LogP contribution is 2.32. The summed E-state index contributed by atoms with van der Waals surface area (Å²) < 4.78 is 5.38. The van der Waals surface area contributed by atoms with E-state index in [1.54, 1.807) is 24.9 Å². The highest BCUT2D eigenvalue weighted by molar-refractivity contribution is 7.18. The van der Waals surface area contributed by atoms with Crippen LogP contribution in [-0.2, 0) is 0 Å². The number of rotatable bonds is 2. The highest BCUT2D eigenvalue weighted by Gasteiger charge is 2.13. The lowest BCUT2D eigenvalue weighted by Gasteiger charge is -1.95. The molecule has 4 aromatic heterocycles. The first kappa shape index (κ1) is 11.2. The van der Waals surface area contributed by atoms with Gasteiger partial charge in [0, 0.05) is 29.5 Å². The van der Waals surface area contributed by atoms with Crippen molar-refractivity contribution < 1.29 is 4.42 Å². The van der Waals surface area contributed by atoms with E-state index >= 15 is 0 Å². The van der Waals surface area contributed by atoms with Crippen molar-refractivity contribution in [3.05, 3.63) is 49.1 Å². The van der Waals surface area contributed by atoms with E-state index in [0.29, 0.717) is 0 Å². The van der Waals surface area contributed by atoms with Crippen LogP contribution in [0.25, 0.3) is 32.2 Å². The van der Waals surface area contributed by atoms with Crippen molar-refractivity contribution in [1.29, 1.82) is 0 Å². The third-order valence-electron chi connectivity index (χ3n) is 2.92. The molecule has 0 aliphatic rings. The van der Waals surface area contributed by atoms with E-state index < -0.39 is 0 Å². The summed E-state index contributed by atoms with van der Waals surface area (Å²) in [6.45, 7) is 0. The first-order chi connectivity index (χ1) is 9.92. The van der Waals surface area contributed by atoms with Gasteiger partial charge < -0.3 is 4.42 Å². The second kappa shape index (κ2) is 4.50. The number of hydrogen-bond acceptors (Lipinski definition) is 6. The molecule has 4 rings (SSSR count). The van der Waals surface area contributed by atoms with Crippen LogP contribution in [0.3, 0.4) is 0 Å². The molecule has 0 spiro atoms. The maximum atomic E-state index is 5.38. The number of fused-ring (bicyclic) bond motifs is 1. The minimum atomic E-state index is 0.774. The Morgan fingerprint density at radius 1 is 1.00 bits per heavy atom. The van der Waals surface area contributed by atoms with Gasteiger partial charge in [0.2, 0.25) is 0 Å². The van der Waals surface area contributed by atoms with E-state index in [1.807, 2.05) is 24.3 Å². The van der Waals surface area contributed by atoms with Gasteiger partial charge in [-0.25, -0.2) is 0 Å². The molecule has 0 unspecified atom stereocenters. The van der Waals surface area contributed by atoms with E-state index in [9.17, 15) is 0 Å². The fourth-order valence-electron chi connectivity index (χ4n) is 1.99. The second-order valence-electron chi connectivity index (χ2n) is 4.15.